The summed E-state index contributed by atoms with van der Waals surface area (Å²) >= 11 is 0. The van der Waals surface area contributed by atoms with Crippen molar-refractivity contribution in [3.63, 3.8) is 0 Å². The summed E-state index contributed by atoms with van der Waals surface area (Å²) in [5, 5.41) is 12.8. The Bertz CT molecular complexity index is 327. The fourth-order valence-corrected chi connectivity index (χ4v) is 1.61. The fraction of sp³-hybridized carbons (Fsp3) is 0.500. The minimum atomic E-state index is -0.562. The summed E-state index contributed by atoms with van der Waals surface area (Å²) in [5.41, 5.74) is 1.72. The predicted octanol–water partition coefficient (Wildman–Crippen LogP) is 1.27. The van der Waals surface area contributed by atoms with Crippen molar-refractivity contribution in [2.45, 2.75) is 13.0 Å². The van der Waals surface area contributed by atoms with Gasteiger partial charge in [0, 0.05) is 12.1 Å². The van der Waals surface area contributed by atoms with Crippen LogP contribution >= 0.6 is 0 Å². The summed E-state index contributed by atoms with van der Waals surface area (Å²) in [4.78, 5) is 0. The number of aliphatic hydroxyl groups is 1. The Morgan fingerprint density at radius 3 is 2.12 bits per heavy atom. The van der Waals surface area contributed by atoms with Crippen molar-refractivity contribution in [1.29, 1.82) is 0 Å². The van der Waals surface area contributed by atoms with E-state index in [0.717, 1.165) is 22.6 Å². The van der Waals surface area contributed by atoms with Gasteiger partial charge in [0.15, 0.2) is 0 Å². The van der Waals surface area contributed by atoms with Crippen molar-refractivity contribution in [3.8, 4) is 11.5 Å². The second-order valence-corrected chi connectivity index (χ2v) is 3.62. The third-order valence-corrected chi connectivity index (χ3v) is 2.56. The van der Waals surface area contributed by atoms with E-state index in [1.54, 1.807) is 21.3 Å². The second kappa shape index (κ2) is 5.72. The molecule has 1 aromatic rings. The number of likely N-dealkylation sites (N-methyl/N-ethyl adjacent to an activating group) is 1. The van der Waals surface area contributed by atoms with Crippen molar-refractivity contribution in [2.24, 2.45) is 0 Å². The molecule has 0 fully saturated rings. The van der Waals surface area contributed by atoms with Gasteiger partial charge in [-0.3, -0.25) is 0 Å². The minimum absolute atomic E-state index is 0.495. The second-order valence-electron chi connectivity index (χ2n) is 3.62. The van der Waals surface area contributed by atoms with Gasteiger partial charge >= 0.3 is 0 Å². The molecule has 0 saturated carbocycles. The molecule has 0 amide bonds. The highest BCUT2D eigenvalue weighted by Gasteiger charge is 2.13. The third-order valence-electron chi connectivity index (χ3n) is 2.56. The third kappa shape index (κ3) is 2.65. The Morgan fingerprint density at radius 2 is 1.75 bits per heavy atom. The van der Waals surface area contributed by atoms with E-state index in [1.165, 1.54) is 0 Å². The Hall–Kier alpha value is -1.26. The molecule has 0 aliphatic rings. The van der Waals surface area contributed by atoms with E-state index in [9.17, 15) is 5.11 Å². The Kier molecular flexibility index (Phi) is 4.58. The van der Waals surface area contributed by atoms with Gasteiger partial charge in [-0.25, -0.2) is 0 Å². The van der Waals surface area contributed by atoms with Gasteiger partial charge in [0.2, 0.25) is 0 Å². The van der Waals surface area contributed by atoms with Gasteiger partial charge in [0.25, 0.3) is 0 Å². The maximum absolute atomic E-state index is 9.88. The largest absolute Gasteiger partial charge is 0.496 e. The van der Waals surface area contributed by atoms with Crippen LogP contribution in [0.5, 0.6) is 11.5 Å². The van der Waals surface area contributed by atoms with E-state index < -0.39 is 6.10 Å². The average molecular weight is 225 g/mol. The van der Waals surface area contributed by atoms with Crippen LogP contribution in [-0.4, -0.2) is 32.9 Å². The maximum atomic E-state index is 9.88. The fourth-order valence-electron chi connectivity index (χ4n) is 1.61. The van der Waals surface area contributed by atoms with Crippen molar-refractivity contribution in [1.82, 2.24) is 5.32 Å². The topological polar surface area (TPSA) is 50.7 Å². The number of nitrogens with one attached hydrogen (secondary N) is 1. The zero-order chi connectivity index (χ0) is 12.1. The van der Waals surface area contributed by atoms with E-state index in [0.29, 0.717) is 6.54 Å². The molecular weight excluding hydrogens is 206 g/mol. The van der Waals surface area contributed by atoms with Gasteiger partial charge in [-0.2, -0.15) is 0 Å². The first kappa shape index (κ1) is 12.8. The molecule has 0 aliphatic carbocycles. The van der Waals surface area contributed by atoms with Crippen LogP contribution in [0.1, 0.15) is 17.2 Å². The summed E-state index contributed by atoms with van der Waals surface area (Å²) < 4.78 is 10.5. The van der Waals surface area contributed by atoms with Crippen molar-refractivity contribution in [2.75, 3.05) is 27.8 Å². The summed E-state index contributed by atoms with van der Waals surface area (Å²) in [6, 6.07) is 3.67. The highest BCUT2D eigenvalue weighted by atomic mass is 16.5. The van der Waals surface area contributed by atoms with Gasteiger partial charge in [0.05, 0.1) is 20.3 Å². The molecule has 0 heterocycles. The van der Waals surface area contributed by atoms with Crippen LogP contribution < -0.4 is 14.8 Å². The Balaban J connectivity index is 3.11. The van der Waals surface area contributed by atoms with Gasteiger partial charge < -0.3 is 19.9 Å². The highest BCUT2D eigenvalue weighted by Crippen LogP contribution is 2.31. The lowest BCUT2D eigenvalue weighted by atomic mass is 10.1. The molecule has 1 unspecified atom stereocenters. The molecule has 0 aromatic heterocycles. The van der Waals surface area contributed by atoms with Gasteiger partial charge in [-0.05, 0) is 31.7 Å². The van der Waals surface area contributed by atoms with Crippen LogP contribution in [-0.2, 0) is 0 Å². The van der Waals surface area contributed by atoms with Gasteiger partial charge in [-0.1, -0.05) is 0 Å². The summed E-state index contributed by atoms with van der Waals surface area (Å²) in [6.45, 7) is 2.42. The molecule has 1 rings (SSSR count). The zero-order valence-electron chi connectivity index (χ0n) is 10.2. The lowest BCUT2D eigenvalue weighted by molar-refractivity contribution is 0.177. The smallest absolute Gasteiger partial charge is 0.125 e. The molecule has 1 aromatic carbocycles. The molecular formula is C12H19NO3. The van der Waals surface area contributed by atoms with E-state index in [4.69, 9.17) is 9.47 Å². The quantitative estimate of drug-likeness (QED) is 0.792. The molecule has 4 nitrogen and oxygen atoms in total. The van der Waals surface area contributed by atoms with Crippen molar-refractivity contribution < 1.29 is 14.6 Å². The average Bonchev–Trinajstić information content (AvgIpc) is 2.29. The number of ether oxygens (including phenoxy) is 2. The normalized spacial score (nSPS) is 12.3. The highest BCUT2D eigenvalue weighted by molar-refractivity contribution is 5.47. The zero-order valence-corrected chi connectivity index (χ0v) is 10.2. The van der Waals surface area contributed by atoms with Crippen LogP contribution in [0.3, 0.4) is 0 Å². The number of benzene rings is 1. The molecule has 16 heavy (non-hydrogen) atoms. The standard InChI is InChI=1S/C12H19NO3/c1-8-11(15-3)5-9(6-12(8)16-4)10(14)7-13-2/h5-6,10,13-14H,7H2,1-4H3. The van der Waals surface area contributed by atoms with E-state index in [-0.39, 0.29) is 0 Å². The molecule has 0 bridgehead atoms. The van der Waals surface area contributed by atoms with Crippen molar-refractivity contribution in [3.05, 3.63) is 23.3 Å². The first-order chi connectivity index (χ1) is 7.63. The van der Waals surface area contributed by atoms with Crippen LogP contribution in [0.4, 0.5) is 0 Å². The number of hydrogen-bond donors (Lipinski definition) is 2. The Morgan fingerprint density at radius 1 is 1.25 bits per heavy atom. The molecule has 2 N–H and O–H groups in total. The molecule has 0 radical (unpaired) electrons. The molecule has 90 valence electrons. The van der Waals surface area contributed by atoms with E-state index >= 15 is 0 Å². The lowest BCUT2D eigenvalue weighted by Crippen LogP contribution is -2.16. The van der Waals surface area contributed by atoms with Crippen molar-refractivity contribution >= 4 is 0 Å². The summed E-state index contributed by atoms with van der Waals surface area (Å²) in [7, 11) is 5.01. The minimum Gasteiger partial charge on any atom is -0.496 e. The number of hydrogen-bond acceptors (Lipinski definition) is 4. The van der Waals surface area contributed by atoms with E-state index in [2.05, 4.69) is 5.32 Å². The molecule has 4 heteroatoms. The summed E-state index contributed by atoms with van der Waals surface area (Å²) in [6.07, 6.45) is -0.562. The Labute approximate surface area is 96.2 Å². The SMILES string of the molecule is CNCC(O)c1cc(OC)c(C)c(OC)c1. The lowest BCUT2D eigenvalue weighted by Gasteiger charge is -2.16. The molecule has 1 atom stereocenters. The monoisotopic (exact) mass is 225 g/mol. The van der Waals surface area contributed by atoms with Gasteiger partial charge in [0.1, 0.15) is 11.5 Å². The van der Waals surface area contributed by atoms with Crippen LogP contribution in [0.15, 0.2) is 12.1 Å². The van der Waals surface area contributed by atoms with Crippen LogP contribution in [0, 0.1) is 6.92 Å². The first-order valence-electron chi connectivity index (χ1n) is 5.19. The van der Waals surface area contributed by atoms with Crippen LogP contribution in [0.2, 0.25) is 0 Å². The first-order valence-corrected chi connectivity index (χ1v) is 5.19. The predicted molar refractivity (Wildman–Crippen MR) is 63.2 cm³/mol. The number of aliphatic hydroxyl groups excluding tert-OH is 1. The maximum Gasteiger partial charge on any atom is 0.125 e. The van der Waals surface area contributed by atoms with E-state index in [1.807, 2.05) is 19.1 Å². The molecule has 0 saturated heterocycles. The van der Waals surface area contributed by atoms with Gasteiger partial charge in [-0.15, -0.1) is 0 Å². The number of methoxy groups -OCH3 is 2. The molecule has 0 spiro atoms. The number of rotatable bonds is 5. The summed E-state index contributed by atoms with van der Waals surface area (Å²) in [5.74, 6) is 1.45. The van der Waals surface area contributed by atoms with Crippen LogP contribution in [0.25, 0.3) is 0 Å². The molecule has 0 aliphatic heterocycles.